The number of benzene rings is 1. The molecule has 4 heteroatoms. The molecular formula is C13H14F3N. The van der Waals surface area contributed by atoms with E-state index in [-0.39, 0.29) is 0 Å². The minimum atomic E-state index is -4.27. The maximum Gasteiger partial charge on any atom is 0.416 e. The molecule has 0 N–H and O–H groups in total. The number of hydrogen-bond acceptors (Lipinski definition) is 1. The van der Waals surface area contributed by atoms with Gasteiger partial charge in [-0.05, 0) is 30.7 Å². The fourth-order valence-corrected chi connectivity index (χ4v) is 2.14. The molecule has 0 radical (unpaired) electrons. The Morgan fingerprint density at radius 1 is 1.29 bits per heavy atom. The van der Waals surface area contributed by atoms with Crippen LogP contribution in [0, 0.1) is 0 Å². The summed E-state index contributed by atoms with van der Waals surface area (Å²) >= 11 is 0. The van der Waals surface area contributed by atoms with Crippen LogP contribution in [-0.2, 0) is 6.18 Å². The van der Waals surface area contributed by atoms with Gasteiger partial charge in [-0.1, -0.05) is 13.5 Å². The first-order valence-electron chi connectivity index (χ1n) is 5.57. The quantitative estimate of drug-likeness (QED) is 0.749. The lowest BCUT2D eigenvalue weighted by molar-refractivity contribution is -0.137. The van der Waals surface area contributed by atoms with E-state index in [9.17, 15) is 13.2 Å². The summed E-state index contributed by atoms with van der Waals surface area (Å²) in [6.07, 6.45) is -2.37. The summed E-state index contributed by atoms with van der Waals surface area (Å²) in [5.74, 6) is 0. The maximum atomic E-state index is 12.4. The molecule has 0 spiro atoms. The highest BCUT2D eigenvalue weighted by atomic mass is 19.4. The van der Waals surface area contributed by atoms with Crippen molar-refractivity contribution in [3.05, 3.63) is 42.1 Å². The zero-order chi connectivity index (χ0) is 12.6. The minimum Gasteiger partial charge on any atom is -0.342 e. The number of halogens is 3. The van der Waals surface area contributed by atoms with Gasteiger partial charge in [-0.15, -0.1) is 0 Å². The number of anilines is 1. The first-order chi connectivity index (χ1) is 7.93. The fraction of sp³-hybridized carbons (Fsp3) is 0.385. The molecule has 2 rings (SSSR count). The van der Waals surface area contributed by atoms with Gasteiger partial charge in [0, 0.05) is 23.8 Å². The number of hydrogen-bond donors (Lipinski definition) is 0. The number of nitrogens with zero attached hydrogens (tertiary/aromatic N) is 1. The standard InChI is InChI=1S/C13H14F3N/c1-3-11-8-9(2)17(11)12-6-4-10(5-7-12)13(14,15)16/h4-7,11H,2-3,8H2,1H3/t11-/m1/s1. The molecule has 0 aliphatic carbocycles. The topological polar surface area (TPSA) is 3.24 Å². The molecule has 1 fully saturated rings. The summed E-state index contributed by atoms with van der Waals surface area (Å²) < 4.78 is 37.2. The van der Waals surface area contributed by atoms with Crippen LogP contribution in [0.1, 0.15) is 25.3 Å². The van der Waals surface area contributed by atoms with Crippen molar-refractivity contribution < 1.29 is 13.2 Å². The Kier molecular flexibility index (Phi) is 2.89. The third-order valence-electron chi connectivity index (χ3n) is 3.12. The van der Waals surface area contributed by atoms with Crippen LogP contribution in [0.4, 0.5) is 18.9 Å². The van der Waals surface area contributed by atoms with E-state index in [4.69, 9.17) is 0 Å². The predicted octanol–water partition coefficient (Wildman–Crippen LogP) is 4.21. The lowest BCUT2D eigenvalue weighted by atomic mass is 9.95. The van der Waals surface area contributed by atoms with Gasteiger partial charge in [0.2, 0.25) is 0 Å². The largest absolute Gasteiger partial charge is 0.416 e. The Balaban J connectivity index is 2.21. The predicted molar refractivity (Wildman–Crippen MR) is 61.8 cm³/mol. The van der Waals surface area contributed by atoms with Gasteiger partial charge in [0.05, 0.1) is 5.56 Å². The van der Waals surface area contributed by atoms with E-state index in [1.165, 1.54) is 12.1 Å². The van der Waals surface area contributed by atoms with Crippen molar-refractivity contribution in [1.29, 1.82) is 0 Å². The smallest absolute Gasteiger partial charge is 0.342 e. The normalized spacial score (nSPS) is 20.4. The van der Waals surface area contributed by atoms with E-state index in [1.54, 1.807) is 0 Å². The molecule has 0 aromatic heterocycles. The molecule has 1 nitrogen and oxygen atoms in total. The van der Waals surface area contributed by atoms with Crippen molar-refractivity contribution in [3.63, 3.8) is 0 Å². The van der Waals surface area contributed by atoms with Gasteiger partial charge < -0.3 is 4.90 Å². The molecule has 0 unspecified atom stereocenters. The van der Waals surface area contributed by atoms with Crippen molar-refractivity contribution in [1.82, 2.24) is 0 Å². The van der Waals surface area contributed by atoms with Crippen molar-refractivity contribution in [2.24, 2.45) is 0 Å². The van der Waals surface area contributed by atoms with Gasteiger partial charge in [0.15, 0.2) is 0 Å². The average Bonchev–Trinajstić information content (AvgIpc) is 2.25. The molecule has 0 bridgehead atoms. The fourth-order valence-electron chi connectivity index (χ4n) is 2.14. The van der Waals surface area contributed by atoms with Gasteiger partial charge in [-0.3, -0.25) is 0 Å². The summed E-state index contributed by atoms with van der Waals surface area (Å²) in [6, 6.07) is 5.63. The van der Waals surface area contributed by atoms with E-state index < -0.39 is 11.7 Å². The third kappa shape index (κ3) is 2.16. The zero-order valence-corrected chi connectivity index (χ0v) is 9.59. The van der Waals surface area contributed by atoms with Crippen molar-refractivity contribution in [2.75, 3.05) is 4.90 Å². The number of rotatable bonds is 2. The summed E-state index contributed by atoms with van der Waals surface area (Å²) in [4.78, 5) is 2.00. The van der Waals surface area contributed by atoms with E-state index in [0.717, 1.165) is 36.4 Å². The molecule has 1 heterocycles. The van der Waals surface area contributed by atoms with Gasteiger partial charge >= 0.3 is 6.18 Å². The Morgan fingerprint density at radius 3 is 2.29 bits per heavy atom. The summed E-state index contributed by atoms with van der Waals surface area (Å²) in [6.45, 7) is 5.95. The SMILES string of the molecule is C=C1C[C@@H](CC)N1c1ccc(C(F)(F)F)cc1. The summed E-state index contributed by atoms with van der Waals surface area (Å²) in [5, 5.41) is 0. The van der Waals surface area contributed by atoms with Crippen LogP contribution in [-0.4, -0.2) is 6.04 Å². The average molecular weight is 241 g/mol. The highest BCUT2D eigenvalue weighted by molar-refractivity contribution is 5.58. The van der Waals surface area contributed by atoms with Crippen LogP contribution >= 0.6 is 0 Å². The second-order valence-electron chi connectivity index (χ2n) is 4.25. The van der Waals surface area contributed by atoms with Gasteiger partial charge in [0.25, 0.3) is 0 Å². The Morgan fingerprint density at radius 2 is 1.88 bits per heavy atom. The summed E-state index contributed by atoms with van der Waals surface area (Å²) in [7, 11) is 0. The van der Waals surface area contributed by atoms with Crippen molar-refractivity contribution in [2.45, 2.75) is 32.0 Å². The molecule has 1 aliphatic heterocycles. The second kappa shape index (κ2) is 4.09. The minimum absolute atomic E-state index is 0.374. The van der Waals surface area contributed by atoms with Crippen molar-refractivity contribution in [3.8, 4) is 0 Å². The lowest BCUT2D eigenvalue weighted by Crippen LogP contribution is -2.44. The third-order valence-corrected chi connectivity index (χ3v) is 3.12. The van der Waals surface area contributed by atoms with E-state index in [0.29, 0.717) is 6.04 Å². The van der Waals surface area contributed by atoms with E-state index >= 15 is 0 Å². The molecule has 1 aromatic rings. The molecular weight excluding hydrogens is 227 g/mol. The zero-order valence-electron chi connectivity index (χ0n) is 9.59. The molecule has 0 saturated carbocycles. The molecule has 0 amide bonds. The Hall–Kier alpha value is -1.45. The van der Waals surface area contributed by atoms with Gasteiger partial charge in [-0.2, -0.15) is 13.2 Å². The molecule has 1 aromatic carbocycles. The van der Waals surface area contributed by atoms with Crippen LogP contribution in [0.25, 0.3) is 0 Å². The van der Waals surface area contributed by atoms with Crippen LogP contribution in [0.15, 0.2) is 36.5 Å². The molecule has 1 saturated heterocycles. The van der Waals surface area contributed by atoms with E-state index in [1.807, 2.05) is 4.90 Å². The van der Waals surface area contributed by atoms with Crippen molar-refractivity contribution >= 4 is 5.69 Å². The van der Waals surface area contributed by atoms with Crippen LogP contribution < -0.4 is 4.90 Å². The van der Waals surface area contributed by atoms with Crippen LogP contribution in [0.5, 0.6) is 0 Å². The van der Waals surface area contributed by atoms with Crippen LogP contribution in [0.2, 0.25) is 0 Å². The molecule has 1 aliphatic rings. The lowest BCUT2D eigenvalue weighted by Gasteiger charge is -2.44. The van der Waals surface area contributed by atoms with Crippen LogP contribution in [0.3, 0.4) is 0 Å². The highest BCUT2D eigenvalue weighted by Crippen LogP contribution is 2.37. The van der Waals surface area contributed by atoms with E-state index in [2.05, 4.69) is 13.5 Å². The Bertz CT molecular complexity index is 419. The first-order valence-corrected chi connectivity index (χ1v) is 5.57. The maximum absolute atomic E-state index is 12.4. The van der Waals surface area contributed by atoms with Gasteiger partial charge in [-0.25, -0.2) is 0 Å². The van der Waals surface area contributed by atoms with Gasteiger partial charge in [0.1, 0.15) is 0 Å². The monoisotopic (exact) mass is 241 g/mol. The second-order valence-corrected chi connectivity index (χ2v) is 4.25. The molecule has 1 atom stereocenters. The molecule has 92 valence electrons. The number of alkyl halides is 3. The Labute approximate surface area is 98.5 Å². The molecule has 17 heavy (non-hydrogen) atoms. The first kappa shape index (κ1) is 12.0. The summed E-state index contributed by atoms with van der Waals surface area (Å²) in [5.41, 5.74) is 1.15. The highest BCUT2D eigenvalue weighted by Gasteiger charge is 2.33.